The van der Waals surface area contributed by atoms with Gasteiger partial charge in [-0.3, -0.25) is 0 Å². The number of halogens is 1. The largest absolute Gasteiger partial charge is 0.375 e. The van der Waals surface area contributed by atoms with Crippen LogP contribution in [0.3, 0.4) is 0 Å². The average Bonchev–Trinajstić information content (AvgIpc) is 2.52. The van der Waals surface area contributed by atoms with Crippen LogP contribution in [-0.2, 0) is 14.8 Å². The molecule has 23 heavy (non-hydrogen) atoms. The van der Waals surface area contributed by atoms with Gasteiger partial charge in [-0.1, -0.05) is 41.9 Å². The van der Waals surface area contributed by atoms with Crippen LogP contribution < -0.4 is 4.72 Å². The molecule has 0 unspecified atom stereocenters. The molecule has 0 saturated carbocycles. The molecule has 0 aliphatic heterocycles. The van der Waals surface area contributed by atoms with E-state index in [1.54, 1.807) is 32.2 Å². The molecule has 1 N–H and O–H groups in total. The highest BCUT2D eigenvalue weighted by atomic mass is 35.5. The van der Waals surface area contributed by atoms with Crippen LogP contribution in [-0.4, -0.2) is 22.1 Å². The summed E-state index contributed by atoms with van der Waals surface area (Å²) in [7, 11) is -2.09. The smallest absolute Gasteiger partial charge is 0.240 e. The standard InChI is InChI=1S/C17H20ClNO3S/c1-12-7-4-5-8-14(12)16(22-3)11-19-23(20,21)17-10-6-9-15(18)13(17)2/h4-10,16,19H,11H2,1-3H3/t16-/m1/s1. The first-order chi connectivity index (χ1) is 10.9. The molecule has 1 atom stereocenters. The minimum Gasteiger partial charge on any atom is -0.375 e. The highest BCUT2D eigenvalue weighted by molar-refractivity contribution is 7.89. The summed E-state index contributed by atoms with van der Waals surface area (Å²) in [5, 5.41) is 0.426. The van der Waals surface area contributed by atoms with Gasteiger partial charge in [0.15, 0.2) is 0 Å². The zero-order valence-corrected chi connectivity index (χ0v) is 14.9. The van der Waals surface area contributed by atoms with E-state index in [1.807, 2.05) is 31.2 Å². The van der Waals surface area contributed by atoms with Crippen molar-refractivity contribution < 1.29 is 13.2 Å². The molecule has 0 amide bonds. The predicted octanol–water partition coefficient (Wildman–Crippen LogP) is 3.62. The van der Waals surface area contributed by atoms with Crippen molar-refractivity contribution in [2.24, 2.45) is 0 Å². The van der Waals surface area contributed by atoms with Gasteiger partial charge in [0.25, 0.3) is 0 Å². The summed E-state index contributed by atoms with van der Waals surface area (Å²) in [5.41, 5.74) is 2.55. The predicted molar refractivity (Wildman–Crippen MR) is 92.3 cm³/mol. The van der Waals surface area contributed by atoms with Crippen LogP contribution in [0.25, 0.3) is 0 Å². The number of hydrogen-bond donors (Lipinski definition) is 1. The molecule has 2 aromatic carbocycles. The SMILES string of the molecule is CO[C@H](CNS(=O)(=O)c1cccc(Cl)c1C)c1ccccc1C. The lowest BCUT2D eigenvalue weighted by atomic mass is 10.0. The van der Waals surface area contributed by atoms with Crippen molar-refractivity contribution in [1.82, 2.24) is 4.72 Å². The number of nitrogens with one attached hydrogen (secondary N) is 1. The van der Waals surface area contributed by atoms with E-state index < -0.39 is 10.0 Å². The first kappa shape index (κ1) is 17.9. The molecule has 2 rings (SSSR count). The Balaban J connectivity index is 2.21. The third-order valence-corrected chi connectivity index (χ3v) is 5.76. The first-order valence-electron chi connectivity index (χ1n) is 7.20. The molecular formula is C17H20ClNO3S. The minimum atomic E-state index is -3.65. The van der Waals surface area contributed by atoms with Gasteiger partial charge in [0, 0.05) is 18.7 Å². The van der Waals surface area contributed by atoms with Gasteiger partial charge in [0.1, 0.15) is 0 Å². The van der Waals surface area contributed by atoms with Gasteiger partial charge in [0.2, 0.25) is 10.0 Å². The van der Waals surface area contributed by atoms with Crippen LogP contribution >= 0.6 is 11.6 Å². The molecule has 0 aliphatic rings. The Morgan fingerprint density at radius 1 is 1.13 bits per heavy atom. The lowest BCUT2D eigenvalue weighted by Crippen LogP contribution is -2.30. The summed E-state index contributed by atoms with van der Waals surface area (Å²) in [5.74, 6) is 0. The molecule has 0 bridgehead atoms. The molecule has 6 heteroatoms. The molecule has 0 heterocycles. The summed E-state index contributed by atoms with van der Waals surface area (Å²) >= 11 is 6.01. The zero-order valence-electron chi connectivity index (χ0n) is 13.3. The Hall–Kier alpha value is -1.40. The van der Waals surface area contributed by atoms with E-state index in [0.717, 1.165) is 11.1 Å². The number of ether oxygens (including phenoxy) is 1. The Morgan fingerprint density at radius 2 is 1.83 bits per heavy atom. The van der Waals surface area contributed by atoms with Crippen LogP contribution in [0, 0.1) is 13.8 Å². The number of rotatable bonds is 6. The van der Waals surface area contributed by atoms with Gasteiger partial charge in [0.05, 0.1) is 11.0 Å². The summed E-state index contributed by atoms with van der Waals surface area (Å²) in [4.78, 5) is 0.185. The van der Waals surface area contributed by atoms with Gasteiger partial charge in [-0.25, -0.2) is 13.1 Å². The number of benzene rings is 2. The van der Waals surface area contributed by atoms with Gasteiger partial charge in [-0.2, -0.15) is 0 Å². The van der Waals surface area contributed by atoms with Crippen molar-refractivity contribution in [2.45, 2.75) is 24.8 Å². The van der Waals surface area contributed by atoms with Crippen molar-refractivity contribution in [1.29, 1.82) is 0 Å². The second-order valence-electron chi connectivity index (χ2n) is 5.30. The normalized spacial score (nSPS) is 13.0. The second-order valence-corrected chi connectivity index (χ2v) is 7.44. The summed E-state index contributed by atoms with van der Waals surface area (Å²) in [6.07, 6.45) is -0.356. The summed E-state index contributed by atoms with van der Waals surface area (Å²) in [6.45, 7) is 3.80. The maximum atomic E-state index is 12.5. The zero-order chi connectivity index (χ0) is 17.0. The Morgan fingerprint density at radius 3 is 2.48 bits per heavy atom. The van der Waals surface area contributed by atoms with E-state index in [1.165, 1.54) is 0 Å². The van der Waals surface area contributed by atoms with Crippen LogP contribution in [0.4, 0.5) is 0 Å². The molecule has 0 spiro atoms. The van der Waals surface area contributed by atoms with E-state index in [2.05, 4.69) is 4.72 Å². The summed E-state index contributed by atoms with van der Waals surface area (Å²) in [6, 6.07) is 12.6. The molecule has 4 nitrogen and oxygen atoms in total. The number of hydrogen-bond acceptors (Lipinski definition) is 3. The molecule has 0 radical (unpaired) electrons. The third kappa shape index (κ3) is 4.12. The fraction of sp³-hybridized carbons (Fsp3) is 0.294. The monoisotopic (exact) mass is 353 g/mol. The number of sulfonamides is 1. The molecule has 0 aliphatic carbocycles. The minimum absolute atomic E-state index is 0.148. The van der Waals surface area contributed by atoms with E-state index in [-0.39, 0.29) is 17.5 Å². The Labute approximate surface area is 142 Å². The fourth-order valence-corrected chi connectivity index (χ4v) is 3.94. The molecule has 2 aromatic rings. The van der Waals surface area contributed by atoms with E-state index in [0.29, 0.717) is 10.6 Å². The van der Waals surface area contributed by atoms with Crippen LogP contribution in [0.1, 0.15) is 22.8 Å². The van der Waals surface area contributed by atoms with Crippen molar-refractivity contribution in [2.75, 3.05) is 13.7 Å². The quantitative estimate of drug-likeness (QED) is 0.862. The van der Waals surface area contributed by atoms with E-state index >= 15 is 0 Å². The number of methoxy groups -OCH3 is 1. The van der Waals surface area contributed by atoms with Crippen LogP contribution in [0.2, 0.25) is 5.02 Å². The van der Waals surface area contributed by atoms with Crippen molar-refractivity contribution in [3.63, 3.8) is 0 Å². The summed E-state index contributed by atoms with van der Waals surface area (Å²) < 4.78 is 33.1. The maximum absolute atomic E-state index is 12.5. The van der Waals surface area contributed by atoms with Crippen molar-refractivity contribution in [3.8, 4) is 0 Å². The topological polar surface area (TPSA) is 55.4 Å². The van der Waals surface area contributed by atoms with Gasteiger partial charge in [-0.05, 0) is 42.7 Å². The average molecular weight is 354 g/mol. The Bertz CT molecular complexity index is 790. The van der Waals surface area contributed by atoms with Gasteiger partial charge < -0.3 is 4.74 Å². The van der Waals surface area contributed by atoms with Crippen molar-refractivity contribution >= 4 is 21.6 Å². The molecule has 124 valence electrons. The molecular weight excluding hydrogens is 334 g/mol. The lowest BCUT2D eigenvalue weighted by Gasteiger charge is -2.19. The Kier molecular flexibility index (Phi) is 5.81. The third-order valence-electron chi connectivity index (χ3n) is 3.79. The van der Waals surface area contributed by atoms with Gasteiger partial charge >= 0.3 is 0 Å². The fourth-order valence-electron chi connectivity index (χ4n) is 2.41. The first-order valence-corrected chi connectivity index (χ1v) is 9.06. The molecule has 0 aromatic heterocycles. The van der Waals surface area contributed by atoms with Gasteiger partial charge in [-0.15, -0.1) is 0 Å². The highest BCUT2D eigenvalue weighted by Gasteiger charge is 2.21. The lowest BCUT2D eigenvalue weighted by molar-refractivity contribution is 0.107. The molecule has 0 fully saturated rings. The van der Waals surface area contributed by atoms with E-state index in [9.17, 15) is 8.42 Å². The van der Waals surface area contributed by atoms with E-state index in [4.69, 9.17) is 16.3 Å². The van der Waals surface area contributed by atoms with Crippen LogP contribution in [0.5, 0.6) is 0 Å². The molecule has 0 saturated heterocycles. The maximum Gasteiger partial charge on any atom is 0.240 e. The highest BCUT2D eigenvalue weighted by Crippen LogP contribution is 2.24. The number of aryl methyl sites for hydroxylation is 1. The van der Waals surface area contributed by atoms with Crippen molar-refractivity contribution in [3.05, 3.63) is 64.2 Å². The second kappa shape index (κ2) is 7.45. The van der Waals surface area contributed by atoms with Crippen LogP contribution in [0.15, 0.2) is 47.4 Å².